The van der Waals surface area contributed by atoms with Crippen LogP contribution in [0.2, 0.25) is 0 Å². The Morgan fingerprint density at radius 3 is 2.88 bits per heavy atom. The Kier molecular flexibility index (Phi) is 4.91. The number of thiophene rings is 1. The summed E-state index contributed by atoms with van der Waals surface area (Å²) in [5, 5.41) is 4.72. The van der Waals surface area contributed by atoms with Crippen LogP contribution in [-0.2, 0) is 6.61 Å². The molecule has 1 aromatic carbocycles. The van der Waals surface area contributed by atoms with Crippen molar-refractivity contribution in [3.8, 4) is 5.75 Å². The van der Waals surface area contributed by atoms with Gasteiger partial charge in [0.15, 0.2) is 0 Å². The van der Waals surface area contributed by atoms with E-state index < -0.39 is 0 Å². The summed E-state index contributed by atoms with van der Waals surface area (Å²) in [6, 6.07) is 13.3. The smallest absolute Gasteiger partial charge is 0.266 e. The first-order valence-corrected chi connectivity index (χ1v) is 8.50. The summed E-state index contributed by atoms with van der Waals surface area (Å²) in [6.07, 6.45) is 1.65. The average Bonchev–Trinajstić information content (AvgIpc) is 3.06. The van der Waals surface area contributed by atoms with E-state index in [-0.39, 0.29) is 5.91 Å². The second-order valence-electron chi connectivity index (χ2n) is 5.48. The van der Waals surface area contributed by atoms with E-state index in [1.54, 1.807) is 12.3 Å². The van der Waals surface area contributed by atoms with Crippen molar-refractivity contribution in [2.24, 2.45) is 0 Å². The molecule has 122 valence electrons. The summed E-state index contributed by atoms with van der Waals surface area (Å²) in [4.78, 5) is 17.0. The number of carbonyl (C=O) groups excluding carboxylic acids is 1. The number of aryl methyl sites for hydroxylation is 1. The minimum atomic E-state index is -0.156. The molecule has 0 radical (unpaired) electrons. The quantitative estimate of drug-likeness (QED) is 0.740. The van der Waals surface area contributed by atoms with Crippen LogP contribution in [-0.4, -0.2) is 10.9 Å². The second-order valence-corrected chi connectivity index (χ2v) is 6.39. The molecule has 0 saturated carbocycles. The molecular formula is C19H18N2O2S. The predicted molar refractivity (Wildman–Crippen MR) is 96.8 cm³/mol. The molecule has 2 heterocycles. The van der Waals surface area contributed by atoms with Crippen LogP contribution in [0, 0.1) is 13.8 Å². The van der Waals surface area contributed by atoms with Crippen molar-refractivity contribution in [3.05, 3.63) is 75.6 Å². The Morgan fingerprint density at radius 2 is 2.08 bits per heavy atom. The Hall–Kier alpha value is -2.66. The lowest BCUT2D eigenvalue weighted by atomic mass is 10.1. The summed E-state index contributed by atoms with van der Waals surface area (Å²) in [6.45, 7) is 4.55. The molecule has 24 heavy (non-hydrogen) atoms. The van der Waals surface area contributed by atoms with Crippen molar-refractivity contribution < 1.29 is 9.53 Å². The van der Waals surface area contributed by atoms with Gasteiger partial charge in [0.2, 0.25) is 0 Å². The van der Waals surface area contributed by atoms with Crippen molar-refractivity contribution in [2.45, 2.75) is 20.5 Å². The standard InChI is InChI=1S/C19H18N2O2S/c1-13-6-5-7-16(14(13)2)23-11-15-10-17(24-12-15)19(22)21-18-8-3-4-9-20-18/h3-10,12H,11H2,1-2H3,(H,20,21,22). The SMILES string of the molecule is Cc1cccc(OCc2csc(C(=O)Nc3ccccn3)c2)c1C. The summed E-state index contributed by atoms with van der Waals surface area (Å²) < 4.78 is 5.88. The Morgan fingerprint density at radius 1 is 1.21 bits per heavy atom. The van der Waals surface area contributed by atoms with Crippen molar-refractivity contribution >= 4 is 23.1 Å². The van der Waals surface area contributed by atoms with E-state index in [0.29, 0.717) is 17.3 Å². The minimum Gasteiger partial charge on any atom is -0.489 e. The first kappa shape index (κ1) is 16.2. The van der Waals surface area contributed by atoms with E-state index in [2.05, 4.69) is 23.3 Å². The number of aromatic nitrogens is 1. The maximum Gasteiger partial charge on any atom is 0.266 e. The Labute approximate surface area is 145 Å². The van der Waals surface area contributed by atoms with Crippen LogP contribution in [0.5, 0.6) is 5.75 Å². The highest BCUT2D eigenvalue weighted by atomic mass is 32.1. The number of hydrogen-bond donors (Lipinski definition) is 1. The Balaban J connectivity index is 1.63. The van der Waals surface area contributed by atoms with Crippen LogP contribution in [0.3, 0.4) is 0 Å². The van der Waals surface area contributed by atoms with Gasteiger partial charge < -0.3 is 10.1 Å². The zero-order valence-corrected chi connectivity index (χ0v) is 14.4. The number of benzene rings is 1. The predicted octanol–water partition coefficient (Wildman–Crippen LogP) is 4.59. The van der Waals surface area contributed by atoms with E-state index in [0.717, 1.165) is 16.9 Å². The van der Waals surface area contributed by atoms with Crippen molar-refractivity contribution in [3.63, 3.8) is 0 Å². The van der Waals surface area contributed by atoms with Gasteiger partial charge in [0.25, 0.3) is 5.91 Å². The van der Waals surface area contributed by atoms with Gasteiger partial charge in [-0.3, -0.25) is 4.79 Å². The summed E-state index contributed by atoms with van der Waals surface area (Å²) in [5.41, 5.74) is 3.32. The van der Waals surface area contributed by atoms with E-state index >= 15 is 0 Å². The van der Waals surface area contributed by atoms with Crippen LogP contribution >= 0.6 is 11.3 Å². The van der Waals surface area contributed by atoms with Gasteiger partial charge in [-0.1, -0.05) is 18.2 Å². The number of anilines is 1. The maximum atomic E-state index is 12.2. The third kappa shape index (κ3) is 3.81. The fraction of sp³-hybridized carbons (Fsp3) is 0.158. The second kappa shape index (κ2) is 7.27. The van der Waals surface area contributed by atoms with Crippen molar-refractivity contribution in [2.75, 3.05) is 5.32 Å². The molecule has 4 nitrogen and oxygen atoms in total. The average molecular weight is 338 g/mol. The number of amides is 1. The molecule has 3 aromatic rings. The number of nitrogens with one attached hydrogen (secondary N) is 1. The lowest BCUT2D eigenvalue weighted by Crippen LogP contribution is -2.11. The fourth-order valence-electron chi connectivity index (χ4n) is 2.23. The molecule has 0 fully saturated rings. The molecule has 0 aliphatic heterocycles. The van der Waals surface area contributed by atoms with Gasteiger partial charge >= 0.3 is 0 Å². The highest BCUT2D eigenvalue weighted by molar-refractivity contribution is 7.12. The number of ether oxygens (including phenoxy) is 1. The monoisotopic (exact) mass is 338 g/mol. The lowest BCUT2D eigenvalue weighted by molar-refractivity contribution is 0.103. The molecule has 1 amide bonds. The van der Waals surface area contributed by atoms with Gasteiger partial charge in [0, 0.05) is 11.8 Å². The highest BCUT2D eigenvalue weighted by Crippen LogP contribution is 2.23. The summed E-state index contributed by atoms with van der Waals surface area (Å²) in [7, 11) is 0. The molecule has 0 bridgehead atoms. The van der Waals surface area contributed by atoms with Crippen LogP contribution in [0.15, 0.2) is 54.0 Å². The first-order valence-electron chi connectivity index (χ1n) is 7.62. The van der Waals surface area contributed by atoms with Crippen LogP contribution in [0.25, 0.3) is 0 Å². The van der Waals surface area contributed by atoms with Gasteiger partial charge in [-0.25, -0.2) is 4.98 Å². The molecule has 3 rings (SSSR count). The topological polar surface area (TPSA) is 51.2 Å². The third-order valence-corrected chi connectivity index (χ3v) is 4.71. The number of hydrogen-bond acceptors (Lipinski definition) is 4. The van der Waals surface area contributed by atoms with Gasteiger partial charge in [-0.05, 0) is 54.6 Å². The zero-order chi connectivity index (χ0) is 16.9. The summed E-state index contributed by atoms with van der Waals surface area (Å²) >= 11 is 1.40. The van der Waals surface area contributed by atoms with Crippen LogP contribution in [0.1, 0.15) is 26.4 Å². The number of pyridine rings is 1. The minimum absolute atomic E-state index is 0.156. The molecule has 0 aliphatic rings. The maximum absolute atomic E-state index is 12.2. The molecule has 2 aromatic heterocycles. The van der Waals surface area contributed by atoms with Gasteiger partial charge in [0.1, 0.15) is 18.2 Å². The van der Waals surface area contributed by atoms with E-state index in [4.69, 9.17) is 4.74 Å². The largest absolute Gasteiger partial charge is 0.489 e. The van der Waals surface area contributed by atoms with Crippen molar-refractivity contribution in [1.29, 1.82) is 0 Å². The van der Waals surface area contributed by atoms with Crippen molar-refractivity contribution in [1.82, 2.24) is 4.98 Å². The number of rotatable bonds is 5. The first-order chi connectivity index (χ1) is 11.6. The van der Waals surface area contributed by atoms with Crippen LogP contribution < -0.4 is 10.1 Å². The number of carbonyl (C=O) groups is 1. The van der Waals surface area contributed by atoms with E-state index in [1.807, 2.05) is 42.6 Å². The van der Waals surface area contributed by atoms with Gasteiger partial charge in [-0.2, -0.15) is 0 Å². The lowest BCUT2D eigenvalue weighted by Gasteiger charge is -2.09. The number of nitrogens with zero attached hydrogens (tertiary/aromatic N) is 1. The van der Waals surface area contributed by atoms with E-state index in [9.17, 15) is 4.79 Å². The van der Waals surface area contributed by atoms with E-state index in [1.165, 1.54) is 16.9 Å². The highest BCUT2D eigenvalue weighted by Gasteiger charge is 2.11. The molecule has 1 N–H and O–H groups in total. The normalized spacial score (nSPS) is 10.4. The van der Waals surface area contributed by atoms with Crippen LogP contribution in [0.4, 0.5) is 5.82 Å². The zero-order valence-electron chi connectivity index (χ0n) is 13.6. The van der Waals surface area contributed by atoms with Gasteiger partial charge in [-0.15, -0.1) is 11.3 Å². The molecule has 0 atom stereocenters. The third-order valence-electron chi connectivity index (χ3n) is 3.73. The molecule has 0 saturated heterocycles. The summed E-state index contributed by atoms with van der Waals surface area (Å²) in [5.74, 6) is 1.27. The molecule has 5 heteroatoms. The van der Waals surface area contributed by atoms with Gasteiger partial charge in [0.05, 0.1) is 4.88 Å². The Bertz CT molecular complexity index is 844. The molecular weight excluding hydrogens is 320 g/mol. The molecule has 0 aliphatic carbocycles. The molecule has 0 unspecified atom stereocenters. The molecule has 0 spiro atoms. The fourth-order valence-corrected chi connectivity index (χ4v) is 3.02.